The van der Waals surface area contributed by atoms with Crippen molar-refractivity contribution >= 4 is 22.0 Å². The third-order valence-corrected chi connectivity index (χ3v) is 6.45. The van der Waals surface area contributed by atoms with E-state index in [1.54, 1.807) is 32.6 Å². The molecule has 1 amide bonds. The molecule has 8 nitrogen and oxygen atoms in total. The fourth-order valence-corrected chi connectivity index (χ4v) is 4.52. The van der Waals surface area contributed by atoms with Crippen LogP contribution in [0.25, 0.3) is 0 Å². The van der Waals surface area contributed by atoms with Crippen molar-refractivity contribution in [1.82, 2.24) is 19.8 Å². The molecule has 2 heterocycles. The second-order valence-corrected chi connectivity index (χ2v) is 10.9. The summed E-state index contributed by atoms with van der Waals surface area (Å²) in [7, 11) is 0. The number of halogens is 3. The minimum absolute atomic E-state index is 0.0452. The minimum Gasteiger partial charge on any atom is -0.472 e. The normalized spacial score (nSPS) is 16.8. The number of carbonyl (C=O) groups excluding carboxylic acids is 1. The number of hydrogen-bond acceptors (Lipinski definition) is 6. The van der Waals surface area contributed by atoms with Gasteiger partial charge < -0.3 is 14.8 Å². The first-order valence-corrected chi connectivity index (χ1v) is 12.7. The van der Waals surface area contributed by atoms with Crippen molar-refractivity contribution in [1.29, 1.82) is 0 Å². The number of benzene rings is 1. The van der Waals surface area contributed by atoms with E-state index in [4.69, 9.17) is 9.47 Å². The van der Waals surface area contributed by atoms with Crippen molar-refractivity contribution in [2.45, 2.75) is 78.3 Å². The maximum Gasteiger partial charge on any atom is 0.411 e. The first-order chi connectivity index (χ1) is 16.8. The third-order valence-electron chi connectivity index (χ3n) is 5.78. The highest BCUT2D eigenvalue weighted by Crippen LogP contribution is 2.30. The van der Waals surface area contributed by atoms with Crippen LogP contribution in [0.1, 0.15) is 71.4 Å². The average molecular weight is 571 g/mol. The van der Waals surface area contributed by atoms with Crippen molar-refractivity contribution in [3.05, 3.63) is 56.0 Å². The van der Waals surface area contributed by atoms with Gasteiger partial charge >= 0.3 is 6.09 Å². The molecule has 3 rings (SSSR count). The van der Waals surface area contributed by atoms with Crippen LogP contribution in [0.15, 0.2) is 27.5 Å². The van der Waals surface area contributed by atoms with Crippen molar-refractivity contribution in [2.75, 3.05) is 13.1 Å². The monoisotopic (exact) mass is 570 g/mol. The lowest BCUT2D eigenvalue weighted by atomic mass is 10.1. The summed E-state index contributed by atoms with van der Waals surface area (Å²) < 4.78 is 40.4. The molecular formula is C25H33BrF2N4O4. The second-order valence-electron chi connectivity index (χ2n) is 10.1. The first-order valence-electron chi connectivity index (χ1n) is 11.9. The van der Waals surface area contributed by atoms with Gasteiger partial charge in [0.25, 0.3) is 5.56 Å². The Morgan fingerprint density at radius 2 is 2.00 bits per heavy atom. The Morgan fingerprint density at radius 1 is 1.31 bits per heavy atom. The summed E-state index contributed by atoms with van der Waals surface area (Å²) in [6.07, 6.45) is 0.214. The summed E-state index contributed by atoms with van der Waals surface area (Å²) in [6, 6.07) is 2.09. The minimum atomic E-state index is -0.764. The topological polar surface area (TPSA) is 85.7 Å². The smallest absolute Gasteiger partial charge is 0.411 e. The molecule has 1 aromatic carbocycles. The van der Waals surface area contributed by atoms with E-state index in [1.165, 1.54) is 10.6 Å². The van der Waals surface area contributed by atoms with Crippen LogP contribution < -0.4 is 15.6 Å². The lowest BCUT2D eigenvalue weighted by Crippen LogP contribution is -2.47. The molecule has 1 fully saturated rings. The fraction of sp³-hybridized carbons (Fsp3) is 0.560. The standard InChI is InChI=1S/C25H33BrF2N4O4/c1-14(2)31-21(15(3)32(18-9-10-29-12-18)24(34)36-25(4,5)6)30-22(20(26)23(31)33)35-13-16-7-8-17(27)11-19(16)28/h7-8,11,14-15,18,29H,9-10,12-13H2,1-6H3/t15?,18-/m1/s1. The van der Waals surface area contributed by atoms with Gasteiger partial charge in [0.2, 0.25) is 5.88 Å². The highest BCUT2D eigenvalue weighted by Gasteiger charge is 2.37. The molecule has 0 radical (unpaired) electrons. The van der Waals surface area contributed by atoms with Crippen LogP contribution in [0.3, 0.4) is 0 Å². The second kappa shape index (κ2) is 11.2. The van der Waals surface area contributed by atoms with Crippen molar-refractivity contribution < 1.29 is 23.0 Å². The van der Waals surface area contributed by atoms with Crippen LogP contribution >= 0.6 is 15.9 Å². The molecule has 198 valence electrons. The first kappa shape index (κ1) is 28.0. The quantitative estimate of drug-likeness (QED) is 0.498. The summed E-state index contributed by atoms with van der Waals surface area (Å²) >= 11 is 3.27. The summed E-state index contributed by atoms with van der Waals surface area (Å²) in [5.74, 6) is -1.20. The van der Waals surface area contributed by atoms with Crippen LogP contribution in [0.5, 0.6) is 5.88 Å². The highest BCUT2D eigenvalue weighted by atomic mass is 79.9. The Hall–Kier alpha value is -2.53. The fourth-order valence-electron chi connectivity index (χ4n) is 4.12. The third kappa shape index (κ3) is 6.42. The summed E-state index contributed by atoms with van der Waals surface area (Å²) in [6.45, 7) is 11.9. The summed E-state index contributed by atoms with van der Waals surface area (Å²) in [5.41, 5.74) is -0.996. The Labute approximate surface area is 218 Å². The molecule has 1 unspecified atom stereocenters. The Morgan fingerprint density at radius 3 is 2.56 bits per heavy atom. The van der Waals surface area contributed by atoms with E-state index in [1.807, 2.05) is 13.8 Å². The number of aromatic nitrogens is 2. The Balaban J connectivity index is 2.04. The maximum atomic E-state index is 14.1. The number of nitrogens with zero attached hydrogens (tertiary/aromatic N) is 3. The molecule has 11 heteroatoms. The zero-order chi connectivity index (χ0) is 26.8. The number of nitrogens with one attached hydrogen (secondary N) is 1. The Kier molecular flexibility index (Phi) is 8.76. The number of rotatable bonds is 7. The Bertz CT molecular complexity index is 1160. The number of ether oxygens (including phenoxy) is 2. The van der Waals surface area contributed by atoms with Gasteiger partial charge in [-0.05, 0) is 82.6 Å². The van der Waals surface area contributed by atoms with Crippen LogP contribution in [0, 0.1) is 11.6 Å². The molecule has 0 bridgehead atoms. The predicted octanol–water partition coefficient (Wildman–Crippen LogP) is 5.10. The zero-order valence-electron chi connectivity index (χ0n) is 21.4. The van der Waals surface area contributed by atoms with Gasteiger partial charge in [0.05, 0.1) is 6.04 Å². The highest BCUT2D eigenvalue weighted by molar-refractivity contribution is 9.10. The van der Waals surface area contributed by atoms with Gasteiger partial charge in [0.1, 0.15) is 34.1 Å². The van der Waals surface area contributed by atoms with Gasteiger partial charge in [0, 0.05) is 30.3 Å². The molecule has 0 saturated carbocycles. The van der Waals surface area contributed by atoms with E-state index in [0.29, 0.717) is 12.4 Å². The molecular weight excluding hydrogens is 538 g/mol. The predicted molar refractivity (Wildman–Crippen MR) is 135 cm³/mol. The SMILES string of the molecule is CC(c1nc(OCc2ccc(F)cc2F)c(Br)c(=O)n1C(C)C)N(C(=O)OC(C)(C)C)[C@@H]1CCNC1. The molecule has 1 N–H and O–H groups in total. The van der Waals surface area contributed by atoms with Crippen LogP contribution in [0.4, 0.5) is 13.6 Å². The van der Waals surface area contributed by atoms with E-state index >= 15 is 0 Å². The number of amides is 1. The van der Waals surface area contributed by atoms with E-state index < -0.39 is 34.9 Å². The number of hydrogen-bond donors (Lipinski definition) is 1. The molecule has 36 heavy (non-hydrogen) atoms. The van der Waals surface area contributed by atoms with Gasteiger partial charge in [-0.15, -0.1) is 0 Å². The van der Waals surface area contributed by atoms with Gasteiger partial charge in [-0.2, -0.15) is 4.98 Å². The van der Waals surface area contributed by atoms with Crippen LogP contribution in [-0.2, 0) is 11.3 Å². The molecule has 1 aliphatic rings. The van der Waals surface area contributed by atoms with Crippen molar-refractivity contribution in [2.24, 2.45) is 0 Å². The van der Waals surface area contributed by atoms with E-state index in [9.17, 15) is 18.4 Å². The lowest BCUT2D eigenvalue weighted by molar-refractivity contribution is 0.00663. The van der Waals surface area contributed by atoms with Gasteiger partial charge in [0.15, 0.2) is 0 Å². The van der Waals surface area contributed by atoms with Gasteiger partial charge in [-0.25, -0.2) is 13.6 Å². The maximum absolute atomic E-state index is 14.1. The van der Waals surface area contributed by atoms with E-state index in [0.717, 1.165) is 25.1 Å². The zero-order valence-corrected chi connectivity index (χ0v) is 23.0. The molecule has 0 aliphatic carbocycles. The molecule has 1 aliphatic heterocycles. The van der Waals surface area contributed by atoms with E-state index in [2.05, 4.69) is 26.2 Å². The van der Waals surface area contributed by atoms with Gasteiger partial charge in [-0.3, -0.25) is 14.3 Å². The summed E-state index contributed by atoms with van der Waals surface area (Å²) in [5, 5.41) is 3.26. The molecule has 0 spiro atoms. The molecule has 1 aromatic heterocycles. The molecule has 2 atom stereocenters. The van der Waals surface area contributed by atoms with Gasteiger partial charge in [-0.1, -0.05) is 0 Å². The van der Waals surface area contributed by atoms with Crippen LogP contribution in [0.2, 0.25) is 0 Å². The largest absolute Gasteiger partial charge is 0.472 e. The average Bonchev–Trinajstić information content (AvgIpc) is 3.28. The summed E-state index contributed by atoms with van der Waals surface area (Å²) in [4.78, 5) is 32.9. The van der Waals surface area contributed by atoms with Crippen molar-refractivity contribution in [3.8, 4) is 5.88 Å². The van der Waals surface area contributed by atoms with Crippen LogP contribution in [-0.4, -0.2) is 45.3 Å². The molecule has 1 saturated heterocycles. The number of carbonyl (C=O) groups is 1. The lowest BCUT2D eigenvalue weighted by Gasteiger charge is -2.36. The van der Waals surface area contributed by atoms with E-state index in [-0.39, 0.29) is 34.6 Å². The van der Waals surface area contributed by atoms with Crippen molar-refractivity contribution in [3.63, 3.8) is 0 Å². The molecule has 2 aromatic rings.